The van der Waals surface area contributed by atoms with E-state index >= 15 is 0 Å². The maximum Gasteiger partial charge on any atom is 0.416 e. The molecule has 1 atom stereocenters. The van der Waals surface area contributed by atoms with Gasteiger partial charge in [-0.25, -0.2) is 0 Å². The lowest BCUT2D eigenvalue weighted by atomic mass is 10.1. The molecule has 1 fully saturated rings. The summed E-state index contributed by atoms with van der Waals surface area (Å²) in [6.45, 7) is 0.431. The summed E-state index contributed by atoms with van der Waals surface area (Å²) in [5.41, 5.74) is 0.882. The van der Waals surface area contributed by atoms with E-state index in [1.807, 2.05) is 18.2 Å². The highest BCUT2D eigenvalue weighted by Gasteiger charge is 2.35. The summed E-state index contributed by atoms with van der Waals surface area (Å²) in [7, 11) is 0. The Morgan fingerprint density at radius 2 is 1.91 bits per heavy atom. The van der Waals surface area contributed by atoms with Gasteiger partial charge in [-0.05, 0) is 42.0 Å². The molecule has 1 N–H and O–H groups in total. The average molecular weight is 469 g/mol. The number of ether oxygens (including phenoxy) is 1. The van der Waals surface area contributed by atoms with E-state index in [1.165, 1.54) is 17.0 Å². The SMILES string of the molecule is O=C(Nc1cccc(OCc2ccccn2)c1)C1CC(=O)N(Cc2cccc(C(F)(F)F)c2)C1. The largest absolute Gasteiger partial charge is 0.487 e. The van der Waals surface area contributed by atoms with Crippen LogP contribution in [0, 0.1) is 5.92 Å². The minimum Gasteiger partial charge on any atom is -0.487 e. The Morgan fingerprint density at radius 3 is 2.68 bits per heavy atom. The Balaban J connectivity index is 1.34. The van der Waals surface area contributed by atoms with Crippen LogP contribution in [-0.4, -0.2) is 28.2 Å². The van der Waals surface area contributed by atoms with Crippen molar-refractivity contribution in [2.75, 3.05) is 11.9 Å². The van der Waals surface area contributed by atoms with Gasteiger partial charge in [0.25, 0.3) is 0 Å². The van der Waals surface area contributed by atoms with Crippen LogP contribution in [0.3, 0.4) is 0 Å². The van der Waals surface area contributed by atoms with Crippen LogP contribution in [0.4, 0.5) is 18.9 Å². The van der Waals surface area contributed by atoms with Gasteiger partial charge in [-0.1, -0.05) is 24.3 Å². The molecule has 2 amide bonds. The molecule has 0 spiro atoms. The molecule has 6 nitrogen and oxygen atoms in total. The third-order valence-electron chi connectivity index (χ3n) is 5.43. The number of rotatable bonds is 7. The van der Waals surface area contributed by atoms with Crippen molar-refractivity contribution in [3.8, 4) is 5.75 Å². The van der Waals surface area contributed by atoms with Crippen LogP contribution in [0.15, 0.2) is 72.9 Å². The molecular formula is C25H22F3N3O3. The van der Waals surface area contributed by atoms with Crippen molar-refractivity contribution in [2.45, 2.75) is 25.7 Å². The number of likely N-dealkylation sites (tertiary alicyclic amines) is 1. The van der Waals surface area contributed by atoms with Crippen LogP contribution in [0.5, 0.6) is 5.75 Å². The first-order chi connectivity index (χ1) is 16.3. The lowest BCUT2D eigenvalue weighted by Gasteiger charge is -2.18. The van der Waals surface area contributed by atoms with Crippen LogP contribution in [0.2, 0.25) is 0 Å². The number of nitrogens with zero attached hydrogens (tertiary/aromatic N) is 2. The van der Waals surface area contributed by atoms with Crippen molar-refractivity contribution in [3.63, 3.8) is 0 Å². The smallest absolute Gasteiger partial charge is 0.416 e. The molecule has 0 aliphatic carbocycles. The number of anilines is 1. The molecule has 0 saturated carbocycles. The molecule has 2 heterocycles. The van der Waals surface area contributed by atoms with Crippen LogP contribution in [0.1, 0.15) is 23.2 Å². The second-order valence-corrected chi connectivity index (χ2v) is 8.00. The number of hydrogen-bond donors (Lipinski definition) is 1. The van der Waals surface area contributed by atoms with Gasteiger partial charge in [0.15, 0.2) is 0 Å². The quantitative estimate of drug-likeness (QED) is 0.546. The molecular weight excluding hydrogens is 447 g/mol. The Bertz CT molecular complexity index is 1170. The van der Waals surface area contributed by atoms with Gasteiger partial charge >= 0.3 is 6.18 Å². The van der Waals surface area contributed by atoms with Crippen molar-refractivity contribution >= 4 is 17.5 Å². The summed E-state index contributed by atoms with van der Waals surface area (Å²) >= 11 is 0. The molecule has 3 aromatic rings. The second-order valence-electron chi connectivity index (χ2n) is 8.00. The summed E-state index contributed by atoms with van der Waals surface area (Å²) < 4.78 is 44.6. The fourth-order valence-electron chi connectivity index (χ4n) is 3.72. The van der Waals surface area contributed by atoms with Gasteiger partial charge in [0.05, 0.1) is 17.2 Å². The zero-order valence-corrected chi connectivity index (χ0v) is 18.1. The first-order valence-electron chi connectivity index (χ1n) is 10.7. The molecule has 4 rings (SSSR count). The van der Waals surface area contributed by atoms with Gasteiger partial charge < -0.3 is 15.0 Å². The Labute approximate surface area is 194 Å². The van der Waals surface area contributed by atoms with Crippen molar-refractivity contribution in [3.05, 3.63) is 89.7 Å². The topological polar surface area (TPSA) is 71.5 Å². The molecule has 0 bridgehead atoms. The summed E-state index contributed by atoms with van der Waals surface area (Å²) in [6.07, 6.45) is -2.78. The fourth-order valence-corrected chi connectivity index (χ4v) is 3.72. The van der Waals surface area contributed by atoms with Gasteiger partial charge in [0.2, 0.25) is 11.8 Å². The number of nitrogens with one attached hydrogen (secondary N) is 1. The average Bonchev–Trinajstić information content (AvgIpc) is 3.18. The Morgan fingerprint density at radius 1 is 1.09 bits per heavy atom. The number of carbonyl (C=O) groups excluding carboxylic acids is 2. The highest BCUT2D eigenvalue weighted by Crippen LogP contribution is 2.30. The number of halogens is 3. The maximum atomic E-state index is 13.0. The second kappa shape index (κ2) is 9.94. The number of hydrogen-bond acceptors (Lipinski definition) is 4. The summed E-state index contributed by atoms with van der Waals surface area (Å²) in [5.74, 6) is -0.653. The van der Waals surface area contributed by atoms with Crippen LogP contribution in [0.25, 0.3) is 0 Å². The number of benzene rings is 2. The first-order valence-corrected chi connectivity index (χ1v) is 10.7. The highest BCUT2D eigenvalue weighted by molar-refractivity contribution is 5.97. The molecule has 1 aliphatic rings. The van der Waals surface area contributed by atoms with Gasteiger partial charge in [-0.2, -0.15) is 13.2 Å². The Hall–Kier alpha value is -3.88. The van der Waals surface area contributed by atoms with E-state index < -0.39 is 17.7 Å². The first kappa shape index (κ1) is 23.3. The maximum absolute atomic E-state index is 13.0. The highest BCUT2D eigenvalue weighted by atomic mass is 19.4. The molecule has 34 heavy (non-hydrogen) atoms. The number of pyridine rings is 1. The summed E-state index contributed by atoms with van der Waals surface area (Å²) in [5, 5.41) is 2.79. The van der Waals surface area contributed by atoms with Gasteiger partial charge in [0.1, 0.15) is 12.4 Å². The third kappa shape index (κ3) is 5.92. The lowest BCUT2D eigenvalue weighted by Crippen LogP contribution is -2.28. The number of aromatic nitrogens is 1. The van der Waals surface area contributed by atoms with E-state index in [0.29, 0.717) is 17.0 Å². The van der Waals surface area contributed by atoms with Crippen molar-refractivity contribution in [2.24, 2.45) is 5.92 Å². The number of alkyl halides is 3. The zero-order chi connectivity index (χ0) is 24.1. The van der Waals surface area contributed by atoms with Crippen LogP contribution < -0.4 is 10.1 Å². The van der Waals surface area contributed by atoms with Crippen LogP contribution in [-0.2, 0) is 28.9 Å². The lowest BCUT2D eigenvalue weighted by molar-refractivity contribution is -0.137. The molecule has 0 radical (unpaired) electrons. The van der Waals surface area contributed by atoms with Gasteiger partial charge in [-0.15, -0.1) is 0 Å². The monoisotopic (exact) mass is 469 g/mol. The predicted octanol–water partition coefficient (Wildman–Crippen LogP) is 4.67. The van der Waals surface area contributed by atoms with E-state index in [9.17, 15) is 22.8 Å². The Kier molecular flexibility index (Phi) is 6.81. The van der Waals surface area contributed by atoms with Crippen molar-refractivity contribution < 1.29 is 27.5 Å². The molecule has 1 unspecified atom stereocenters. The molecule has 2 aromatic carbocycles. The predicted molar refractivity (Wildman–Crippen MR) is 119 cm³/mol. The van der Waals surface area contributed by atoms with Crippen molar-refractivity contribution in [1.82, 2.24) is 9.88 Å². The van der Waals surface area contributed by atoms with Crippen molar-refractivity contribution in [1.29, 1.82) is 0 Å². The minimum atomic E-state index is -4.46. The molecule has 1 saturated heterocycles. The molecule has 1 aliphatic heterocycles. The summed E-state index contributed by atoms with van der Waals surface area (Å²) in [4.78, 5) is 30.7. The standard InChI is InChI=1S/C25H22F3N3O3/c26-25(27,28)19-6-3-5-17(11-19)14-31-15-18(12-23(31)32)24(33)30-20-8-4-9-22(13-20)34-16-21-7-1-2-10-29-21/h1-11,13,18H,12,14-16H2,(H,30,33). The number of amides is 2. The van der Waals surface area contributed by atoms with E-state index in [-0.39, 0.29) is 37.9 Å². The third-order valence-corrected chi connectivity index (χ3v) is 5.43. The minimum absolute atomic E-state index is 0.000657. The zero-order valence-electron chi connectivity index (χ0n) is 18.1. The molecule has 1 aromatic heterocycles. The number of carbonyl (C=O) groups is 2. The molecule has 9 heteroatoms. The van der Waals surface area contributed by atoms with Gasteiger partial charge in [-0.3, -0.25) is 14.6 Å². The van der Waals surface area contributed by atoms with Gasteiger partial charge in [0, 0.05) is 37.5 Å². The summed E-state index contributed by atoms with van der Waals surface area (Å²) in [6, 6.07) is 17.3. The van der Waals surface area contributed by atoms with E-state index in [1.54, 1.807) is 30.5 Å². The van der Waals surface area contributed by atoms with Crippen LogP contribution >= 0.6 is 0 Å². The van der Waals surface area contributed by atoms with E-state index in [4.69, 9.17) is 4.74 Å². The van der Waals surface area contributed by atoms with E-state index in [0.717, 1.165) is 17.8 Å². The fraction of sp³-hybridized carbons (Fsp3) is 0.240. The normalized spacial score (nSPS) is 15.9. The van der Waals surface area contributed by atoms with E-state index in [2.05, 4.69) is 10.3 Å². The molecule has 176 valence electrons.